The molecule has 0 radical (unpaired) electrons. The van der Waals surface area contributed by atoms with E-state index in [1.807, 2.05) is 13.8 Å². The number of methoxy groups -OCH3 is 1. The zero-order valence-electron chi connectivity index (χ0n) is 16.9. The van der Waals surface area contributed by atoms with E-state index >= 15 is 0 Å². The van der Waals surface area contributed by atoms with Crippen molar-refractivity contribution in [3.05, 3.63) is 0 Å². The van der Waals surface area contributed by atoms with Crippen molar-refractivity contribution in [2.75, 3.05) is 13.7 Å². The summed E-state index contributed by atoms with van der Waals surface area (Å²) < 4.78 is 12.0. The Kier molecular flexibility index (Phi) is 7.32. The van der Waals surface area contributed by atoms with Crippen molar-refractivity contribution in [2.24, 2.45) is 16.7 Å². The summed E-state index contributed by atoms with van der Waals surface area (Å²) in [4.78, 5) is 11.5. The SMILES string of the molecule is CCOC(C)(CC(CC(=O)O)C(C)(OC)C(C)(C)C)C(C)(C)C. The summed E-state index contributed by atoms with van der Waals surface area (Å²) in [6.07, 6.45) is 0.707. The van der Waals surface area contributed by atoms with Gasteiger partial charge < -0.3 is 14.6 Å². The lowest BCUT2D eigenvalue weighted by Crippen LogP contribution is -2.54. The zero-order valence-corrected chi connectivity index (χ0v) is 16.9. The number of carboxylic acid groups (broad SMARTS) is 1. The fraction of sp³-hybridized carbons (Fsp3) is 0.947. The van der Waals surface area contributed by atoms with Gasteiger partial charge in [0.15, 0.2) is 0 Å². The van der Waals surface area contributed by atoms with Crippen molar-refractivity contribution in [3.8, 4) is 0 Å². The number of carboxylic acids is 1. The van der Waals surface area contributed by atoms with E-state index in [9.17, 15) is 9.90 Å². The van der Waals surface area contributed by atoms with Crippen molar-refractivity contribution in [1.29, 1.82) is 0 Å². The van der Waals surface area contributed by atoms with E-state index in [0.29, 0.717) is 13.0 Å². The normalized spacial score (nSPS) is 19.7. The number of aliphatic carboxylic acids is 1. The molecule has 0 aliphatic carbocycles. The summed E-state index contributed by atoms with van der Waals surface area (Å²) in [5.41, 5.74) is -1.28. The number of rotatable bonds is 8. The van der Waals surface area contributed by atoms with Gasteiger partial charge in [0.25, 0.3) is 0 Å². The Bertz CT molecular complexity index is 391. The second-order valence-electron chi connectivity index (χ2n) is 8.97. The maximum absolute atomic E-state index is 11.5. The smallest absolute Gasteiger partial charge is 0.303 e. The molecule has 4 heteroatoms. The molecule has 0 bridgehead atoms. The molecule has 138 valence electrons. The fourth-order valence-corrected chi connectivity index (χ4v) is 3.13. The van der Waals surface area contributed by atoms with Crippen molar-refractivity contribution in [1.82, 2.24) is 0 Å². The second-order valence-corrected chi connectivity index (χ2v) is 8.97. The van der Waals surface area contributed by atoms with Gasteiger partial charge >= 0.3 is 5.97 Å². The Morgan fingerprint density at radius 2 is 1.48 bits per heavy atom. The van der Waals surface area contributed by atoms with Crippen molar-refractivity contribution in [2.45, 2.75) is 86.4 Å². The highest BCUT2D eigenvalue weighted by Crippen LogP contribution is 2.47. The van der Waals surface area contributed by atoms with Gasteiger partial charge in [0, 0.05) is 19.6 Å². The average Bonchev–Trinajstić information content (AvgIpc) is 2.33. The Morgan fingerprint density at radius 1 is 1.00 bits per heavy atom. The van der Waals surface area contributed by atoms with Crippen molar-refractivity contribution < 1.29 is 19.4 Å². The van der Waals surface area contributed by atoms with E-state index in [2.05, 4.69) is 48.5 Å². The number of hydrogen-bond acceptors (Lipinski definition) is 3. The van der Waals surface area contributed by atoms with E-state index in [0.717, 1.165) is 0 Å². The lowest BCUT2D eigenvalue weighted by atomic mass is 9.63. The first-order chi connectivity index (χ1) is 10.1. The van der Waals surface area contributed by atoms with Gasteiger partial charge in [-0.15, -0.1) is 0 Å². The van der Waals surface area contributed by atoms with Crippen LogP contribution in [-0.4, -0.2) is 36.0 Å². The molecule has 0 spiro atoms. The summed E-state index contributed by atoms with van der Waals surface area (Å²) in [6, 6.07) is 0. The zero-order chi connectivity index (χ0) is 18.7. The van der Waals surface area contributed by atoms with Crippen LogP contribution in [0.2, 0.25) is 0 Å². The predicted octanol–water partition coefficient (Wildman–Crippen LogP) is 4.76. The molecular formula is C19H38O4. The lowest BCUT2D eigenvalue weighted by Gasteiger charge is -2.51. The molecule has 23 heavy (non-hydrogen) atoms. The molecule has 0 amide bonds. The van der Waals surface area contributed by atoms with Crippen LogP contribution >= 0.6 is 0 Å². The molecule has 0 rings (SSSR count). The number of ether oxygens (including phenoxy) is 2. The van der Waals surface area contributed by atoms with E-state index in [4.69, 9.17) is 9.47 Å². The summed E-state index contributed by atoms with van der Waals surface area (Å²) in [5, 5.41) is 9.44. The molecule has 0 aromatic carbocycles. The van der Waals surface area contributed by atoms with Crippen LogP contribution in [0.3, 0.4) is 0 Å². The molecule has 0 aromatic rings. The number of carbonyl (C=O) groups is 1. The van der Waals surface area contributed by atoms with E-state index in [1.165, 1.54) is 0 Å². The third-order valence-corrected chi connectivity index (χ3v) is 5.80. The van der Waals surface area contributed by atoms with Crippen LogP contribution in [0.25, 0.3) is 0 Å². The first-order valence-electron chi connectivity index (χ1n) is 8.55. The topological polar surface area (TPSA) is 55.8 Å². The molecule has 1 N–H and O–H groups in total. The van der Waals surface area contributed by atoms with Gasteiger partial charge in [0.2, 0.25) is 0 Å². The Hall–Kier alpha value is -0.610. The third-order valence-electron chi connectivity index (χ3n) is 5.80. The van der Waals surface area contributed by atoms with Crippen LogP contribution in [0.1, 0.15) is 75.2 Å². The van der Waals surface area contributed by atoms with E-state index < -0.39 is 17.2 Å². The lowest BCUT2D eigenvalue weighted by molar-refractivity contribution is -0.174. The van der Waals surface area contributed by atoms with Gasteiger partial charge in [-0.05, 0) is 38.0 Å². The van der Waals surface area contributed by atoms with Crippen LogP contribution in [-0.2, 0) is 14.3 Å². The first kappa shape index (κ1) is 22.4. The minimum absolute atomic E-state index is 0.0698. The Morgan fingerprint density at radius 3 is 1.74 bits per heavy atom. The first-order valence-corrected chi connectivity index (χ1v) is 8.55. The van der Waals surface area contributed by atoms with Crippen LogP contribution in [0.4, 0.5) is 0 Å². The molecular weight excluding hydrogens is 292 g/mol. The maximum Gasteiger partial charge on any atom is 0.303 e. The molecule has 0 heterocycles. The molecule has 0 saturated heterocycles. The number of hydrogen-bond donors (Lipinski definition) is 1. The average molecular weight is 331 g/mol. The molecule has 0 aromatic heterocycles. The summed E-state index contributed by atoms with van der Waals surface area (Å²) in [5.74, 6) is -0.948. The van der Waals surface area contributed by atoms with Crippen molar-refractivity contribution >= 4 is 5.97 Å². The predicted molar refractivity (Wildman–Crippen MR) is 94.7 cm³/mol. The molecule has 4 nitrogen and oxygen atoms in total. The van der Waals surface area contributed by atoms with Crippen molar-refractivity contribution in [3.63, 3.8) is 0 Å². The minimum atomic E-state index is -0.796. The standard InChI is InChI=1S/C19H38O4/c1-11-23-18(8,16(2,3)4)13-14(12-15(20)21)19(9,22-10)17(5,6)7/h14H,11-13H2,1-10H3,(H,20,21). The van der Waals surface area contributed by atoms with E-state index in [1.54, 1.807) is 7.11 Å². The molecule has 0 fully saturated rings. The van der Waals surface area contributed by atoms with E-state index in [-0.39, 0.29) is 23.2 Å². The fourth-order valence-electron chi connectivity index (χ4n) is 3.13. The summed E-state index contributed by atoms with van der Waals surface area (Å²) >= 11 is 0. The highest BCUT2D eigenvalue weighted by atomic mass is 16.5. The van der Waals surface area contributed by atoms with Gasteiger partial charge in [-0.2, -0.15) is 0 Å². The van der Waals surface area contributed by atoms with Gasteiger partial charge in [0.05, 0.1) is 17.6 Å². The molecule has 0 saturated carbocycles. The van der Waals surface area contributed by atoms with Gasteiger partial charge in [0.1, 0.15) is 0 Å². The highest BCUT2D eigenvalue weighted by Gasteiger charge is 2.50. The Balaban J connectivity index is 5.86. The molecule has 3 atom stereocenters. The monoisotopic (exact) mass is 330 g/mol. The maximum atomic E-state index is 11.5. The highest BCUT2D eigenvalue weighted by molar-refractivity contribution is 5.67. The Labute approximate surface area is 142 Å². The van der Waals surface area contributed by atoms with Gasteiger partial charge in [-0.1, -0.05) is 41.5 Å². The molecule has 3 unspecified atom stereocenters. The summed E-state index contributed by atoms with van der Waals surface area (Å²) in [7, 11) is 1.68. The molecule has 0 aliphatic heterocycles. The van der Waals surface area contributed by atoms with Crippen LogP contribution in [0, 0.1) is 16.7 Å². The quantitative estimate of drug-likeness (QED) is 0.697. The second kappa shape index (κ2) is 7.52. The van der Waals surface area contributed by atoms with Gasteiger partial charge in [-0.25, -0.2) is 0 Å². The summed E-state index contributed by atoms with van der Waals surface area (Å²) in [6.45, 7) is 19.4. The minimum Gasteiger partial charge on any atom is -0.481 e. The van der Waals surface area contributed by atoms with Crippen LogP contribution in [0.15, 0.2) is 0 Å². The molecule has 0 aliphatic rings. The van der Waals surface area contributed by atoms with Crippen LogP contribution < -0.4 is 0 Å². The van der Waals surface area contributed by atoms with Crippen LogP contribution in [0.5, 0.6) is 0 Å². The largest absolute Gasteiger partial charge is 0.481 e. The third kappa shape index (κ3) is 5.18. The van der Waals surface area contributed by atoms with Gasteiger partial charge in [-0.3, -0.25) is 4.79 Å².